The van der Waals surface area contributed by atoms with Crippen LogP contribution >= 0.6 is 27.5 Å². The van der Waals surface area contributed by atoms with Crippen LogP contribution in [-0.4, -0.2) is 30.4 Å². The van der Waals surface area contributed by atoms with Gasteiger partial charge in [0.05, 0.1) is 5.69 Å². The lowest BCUT2D eigenvalue weighted by atomic mass is 10.0. The van der Waals surface area contributed by atoms with Crippen molar-refractivity contribution in [2.24, 2.45) is 0 Å². The van der Waals surface area contributed by atoms with Gasteiger partial charge in [0.15, 0.2) is 6.61 Å². The summed E-state index contributed by atoms with van der Waals surface area (Å²) in [5.74, 6) is -1.78. The van der Waals surface area contributed by atoms with Crippen LogP contribution in [0.15, 0.2) is 64.6 Å². The molecule has 0 spiro atoms. The van der Waals surface area contributed by atoms with Crippen LogP contribution in [0.5, 0.6) is 5.75 Å². The third kappa shape index (κ3) is 5.79. The number of hydrogen-bond acceptors (Lipinski definition) is 5. The van der Waals surface area contributed by atoms with E-state index in [1.807, 2.05) is 32.0 Å². The minimum absolute atomic E-state index is 0.257. The number of benzene rings is 3. The lowest BCUT2D eigenvalue weighted by Gasteiger charge is -2.27. The third-order valence-corrected chi connectivity index (χ3v) is 6.78. The van der Waals surface area contributed by atoms with E-state index >= 15 is 0 Å². The molecular weight excluding hydrogens is 574 g/mol. The molecule has 0 saturated carbocycles. The Kier molecular flexibility index (Phi) is 7.99. The van der Waals surface area contributed by atoms with Gasteiger partial charge in [0.1, 0.15) is 11.3 Å². The minimum atomic E-state index is -0.878. The average Bonchev–Trinajstić information content (AvgIpc) is 2.86. The van der Waals surface area contributed by atoms with Crippen molar-refractivity contribution in [2.75, 3.05) is 16.8 Å². The number of nitrogens with zero attached hydrogens (tertiary/aromatic N) is 1. The second-order valence-corrected chi connectivity index (χ2v) is 10.0. The van der Waals surface area contributed by atoms with Crippen molar-refractivity contribution in [2.45, 2.75) is 20.8 Å². The zero-order chi connectivity index (χ0) is 27.6. The molecule has 10 heteroatoms. The topological polar surface area (TPSA) is 105 Å². The van der Waals surface area contributed by atoms with Gasteiger partial charge >= 0.3 is 6.03 Å². The van der Waals surface area contributed by atoms with Crippen molar-refractivity contribution in [3.63, 3.8) is 0 Å². The molecular formula is C28H23BrClN3O5. The molecule has 38 heavy (non-hydrogen) atoms. The Bertz CT molecular complexity index is 1520. The molecule has 3 aromatic carbocycles. The maximum Gasteiger partial charge on any atom is 0.335 e. The largest absolute Gasteiger partial charge is 0.483 e. The molecule has 5 amide bonds. The fourth-order valence-electron chi connectivity index (χ4n) is 3.83. The van der Waals surface area contributed by atoms with Gasteiger partial charge in [-0.2, -0.15) is 0 Å². The first-order chi connectivity index (χ1) is 18.0. The van der Waals surface area contributed by atoms with E-state index in [9.17, 15) is 19.2 Å². The first kappa shape index (κ1) is 27.1. The Morgan fingerprint density at radius 2 is 1.84 bits per heavy atom. The number of anilines is 2. The molecule has 1 aliphatic rings. The Morgan fingerprint density at radius 3 is 2.61 bits per heavy atom. The van der Waals surface area contributed by atoms with Gasteiger partial charge in [0, 0.05) is 20.7 Å². The Balaban J connectivity index is 1.61. The van der Waals surface area contributed by atoms with Crippen LogP contribution < -0.4 is 20.3 Å². The number of ether oxygens (including phenoxy) is 1. The number of imide groups is 2. The smallest absolute Gasteiger partial charge is 0.335 e. The van der Waals surface area contributed by atoms with Crippen LogP contribution in [0.3, 0.4) is 0 Å². The van der Waals surface area contributed by atoms with Gasteiger partial charge in [-0.15, -0.1) is 0 Å². The van der Waals surface area contributed by atoms with E-state index in [0.29, 0.717) is 26.3 Å². The summed E-state index contributed by atoms with van der Waals surface area (Å²) >= 11 is 9.56. The molecule has 1 saturated heterocycles. The van der Waals surface area contributed by atoms with Crippen molar-refractivity contribution in [3.05, 3.63) is 91.9 Å². The van der Waals surface area contributed by atoms with Crippen LogP contribution in [0.4, 0.5) is 16.2 Å². The molecule has 0 unspecified atom stereocenters. The number of carbonyl (C=O) groups is 4. The first-order valence-electron chi connectivity index (χ1n) is 11.5. The molecule has 8 nitrogen and oxygen atoms in total. The molecule has 2 N–H and O–H groups in total. The Morgan fingerprint density at radius 1 is 1.08 bits per heavy atom. The SMILES string of the molecule is Cc1ccc(C)c(NC(=O)COc2ccc(Br)cc2/C=C2/C(=O)NC(=O)N(c3cccc(Cl)c3C)C2=O)c1. The van der Waals surface area contributed by atoms with Gasteiger partial charge in [-0.25, -0.2) is 9.69 Å². The minimum Gasteiger partial charge on any atom is -0.483 e. The van der Waals surface area contributed by atoms with Crippen LogP contribution in [-0.2, 0) is 14.4 Å². The van der Waals surface area contributed by atoms with Gasteiger partial charge in [0.25, 0.3) is 17.7 Å². The molecule has 0 bridgehead atoms. The van der Waals surface area contributed by atoms with Gasteiger partial charge < -0.3 is 10.1 Å². The molecule has 3 aromatic rings. The number of halogens is 2. The summed E-state index contributed by atoms with van der Waals surface area (Å²) in [6.07, 6.45) is 1.32. The van der Waals surface area contributed by atoms with E-state index < -0.39 is 17.8 Å². The van der Waals surface area contributed by atoms with E-state index in [0.717, 1.165) is 16.0 Å². The summed E-state index contributed by atoms with van der Waals surface area (Å²) in [6, 6.07) is 14.6. The molecule has 1 heterocycles. The Hall–Kier alpha value is -3.95. The van der Waals surface area contributed by atoms with Gasteiger partial charge in [-0.05, 0) is 79.9 Å². The second-order valence-electron chi connectivity index (χ2n) is 8.68. The molecule has 0 radical (unpaired) electrons. The molecule has 1 fully saturated rings. The number of hydrogen-bond donors (Lipinski definition) is 2. The first-order valence-corrected chi connectivity index (χ1v) is 12.7. The molecule has 194 valence electrons. The quantitative estimate of drug-likeness (QED) is 0.280. The van der Waals surface area contributed by atoms with Crippen molar-refractivity contribution >= 4 is 68.7 Å². The Labute approximate surface area is 232 Å². The summed E-state index contributed by atoms with van der Waals surface area (Å²) in [7, 11) is 0. The summed E-state index contributed by atoms with van der Waals surface area (Å²) < 4.78 is 6.41. The summed E-state index contributed by atoms with van der Waals surface area (Å²) in [5, 5.41) is 5.39. The highest BCUT2D eigenvalue weighted by molar-refractivity contribution is 9.10. The van der Waals surface area contributed by atoms with E-state index in [1.54, 1.807) is 43.3 Å². The zero-order valence-corrected chi connectivity index (χ0v) is 23.1. The van der Waals surface area contributed by atoms with Crippen molar-refractivity contribution in [1.29, 1.82) is 0 Å². The summed E-state index contributed by atoms with van der Waals surface area (Å²) in [4.78, 5) is 52.1. The lowest BCUT2D eigenvalue weighted by Crippen LogP contribution is -2.54. The van der Waals surface area contributed by atoms with Gasteiger partial charge in [-0.1, -0.05) is 45.7 Å². The van der Waals surface area contributed by atoms with E-state index in [-0.39, 0.29) is 29.5 Å². The normalized spacial score (nSPS) is 14.5. The second kappa shape index (κ2) is 11.2. The predicted octanol–water partition coefficient (Wildman–Crippen LogP) is 5.71. The lowest BCUT2D eigenvalue weighted by molar-refractivity contribution is -0.122. The number of barbiturate groups is 1. The third-order valence-electron chi connectivity index (χ3n) is 5.88. The van der Waals surface area contributed by atoms with Crippen molar-refractivity contribution < 1.29 is 23.9 Å². The van der Waals surface area contributed by atoms with Crippen LogP contribution in [0.25, 0.3) is 6.08 Å². The highest BCUT2D eigenvalue weighted by Crippen LogP contribution is 2.31. The highest BCUT2D eigenvalue weighted by atomic mass is 79.9. The molecule has 0 aromatic heterocycles. The van der Waals surface area contributed by atoms with E-state index in [4.69, 9.17) is 16.3 Å². The monoisotopic (exact) mass is 595 g/mol. The number of aryl methyl sites for hydroxylation is 2. The number of carbonyl (C=O) groups excluding carboxylic acids is 4. The standard InChI is InChI=1S/C28H23BrClN3O5/c1-15-7-8-16(2)22(11-15)31-25(34)14-38-24-10-9-19(29)12-18(24)13-20-26(35)32-28(37)33(27(20)36)23-6-4-5-21(30)17(23)3/h4-13H,14H2,1-3H3,(H,31,34)(H,32,35,37)/b20-13-. The summed E-state index contributed by atoms with van der Waals surface area (Å²) in [5.41, 5.74) is 3.43. The zero-order valence-electron chi connectivity index (χ0n) is 20.7. The summed E-state index contributed by atoms with van der Waals surface area (Å²) in [6.45, 7) is 5.18. The fraction of sp³-hybridized carbons (Fsp3) is 0.143. The number of amides is 5. The highest BCUT2D eigenvalue weighted by Gasteiger charge is 2.37. The number of nitrogens with one attached hydrogen (secondary N) is 2. The predicted molar refractivity (Wildman–Crippen MR) is 149 cm³/mol. The molecule has 4 rings (SSSR count). The fourth-order valence-corrected chi connectivity index (χ4v) is 4.38. The van der Waals surface area contributed by atoms with Gasteiger partial charge in [-0.3, -0.25) is 19.7 Å². The van der Waals surface area contributed by atoms with E-state index in [1.165, 1.54) is 6.08 Å². The maximum absolute atomic E-state index is 13.4. The van der Waals surface area contributed by atoms with E-state index in [2.05, 4.69) is 26.6 Å². The van der Waals surface area contributed by atoms with Crippen molar-refractivity contribution in [1.82, 2.24) is 5.32 Å². The van der Waals surface area contributed by atoms with Gasteiger partial charge in [0.2, 0.25) is 0 Å². The average molecular weight is 597 g/mol. The molecule has 1 aliphatic heterocycles. The van der Waals surface area contributed by atoms with Crippen LogP contribution in [0, 0.1) is 20.8 Å². The van der Waals surface area contributed by atoms with Crippen molar-refractivity contribution in [3.8, 4) is 5.75 Å². The van der Waals surface area contributed by atoms with Crippen LogP contribution in [0.2, 0.25) is 5.02 Å². The van der Waals surface area contributed by atoms with Crippen LogP contribution in [0.1, 0.15) is 22.3 Å². The number of rotatable bonds is 6. The maximum atomic E-state index is 13.4. The number of urea groups is 1. The molecule has 0 aliphatic carbocycles. The molecule has 0 atom stereocenters.